The summed E-state index contributed by atoms with van der Waals surface area (Å²) >= 11 is 0. The molecule has 0 radical (unpaired) electrons. The van der Waals surface area contributed by atoms with Gasteiger partial charge in [0.1, 0.15) is 6.10 Å². The van der Waals surface area contributed by atoms with Crippen LogP contribution >= 0.6 is 0 Å². The molecular weight excluding hydrogens is 424 g/mol. The van der Waals surface area contributed by atoms with E-state index in [0.717, 1.165) is 37.7 Å². The fourth-order valence-electron chi connectivity index (χ4n) is 5.06. The smallest absolute Gasteiger partial charge is 0.335 e. The average Bonchev–Trinajstić information content (AvgIpc) is 2.75. The van der Waals surface area contributed by atoms with Crippen molar-refractivity contribution in [3.63, 3.8) is 0 Å². The number of carboxylic acids is 1. The van der Waals surface area contributed by atoms with Crippen molar-refractivity contribution in [2.24, 2.45) is 23.2 Å². The van der Waals surface area contributed by atoms with Crippen molar-refractivity contribution in [1.82, 2.24) is 0 Å². The van der Waals surface area contributed by atoms with Crippen LogP contribution in [-0.4, -0.2) is 56.8 Å². The first-order valence-corrected chi connectivity index (χ1v) is 12.4. The Bertz CT molecular complexity index is 726. The Morgan fingerprint density at radius 1 is 1.21 bits per heavy atom. The number of unbranched alkanes of at least 4 members (excludes halogenated alkanes) is 2. The van der Waals surface area contributed by atoms with Crippen molar-refractivity contribution in [3.05, 3.63) is 23.8 Å². The molecule has 7 atom stereocenters. The second-order valence-electron chi connectivity index (χ2n) is 10.4. The number of ether oxygens (including phenoxy) is 1. The Hall–Kier alpha value is -1.70. The van der Waals surface area contributed by atoms with Crippen LogP contribution in [0.4, 0.5) is 0 Å². The van der Waals surface area contributed by atoms with Gasteiger partial charge in [-0.3, -0.25) is 4.79 Å². The summed E-state index contributed by atoms with van der Waals surface area (Å²) < 4.78 is 6.06. The van der Waals surface area contributed by atoms with Crippen LogP contribution in [0.5, 0.6) is 0 Å². The zero-order valence-corrected chi connectivity index (χ0v) is 20.4. The minimum Gasteiger partial charge on any atom is -0.479 e. The van der Waals surface area contributed by atoms with Gasteiger partial charge < -0.3 is 25.2 Å². The van der Waals surface area contributed by atoms with E-state index in [2.05, 4.69) is 19.9 Å². The number of aliphatic hydroxyl groups is 3. The molecule has 188 valence electrons. The molecule has 0 bridgehead atoms. The summed E-state index contributed by atoms with van der Waals surface area (Å²) in [5, 5.41) is 38.5. The Labute approximate surface area is 197 Å². The van der Waals surface area contributed by atoms with Crippen LogP contribution in [0.2, 0.25) is 0 Å². The lowest BCUT2D eigenvalue weighted by atomic mass is 9.66. The second-order valence-corrected chi connectivity index (χ2v) is 10.4. The van der Waals surface area contributed by atoms with E-state index in [-0.39, 0.29) is 30.1 Å². The van der Waals surface area contributed by atoms with E-state index in [9.17, 15) is 24.9 Å². The van der Waals surface area contributed by atoms with Crippen molar-refractivity contribution in [1.29, 1.82) is 0 Å². The number of hydrogen-bond acceptors (Lipinski definition) is 6. The molecule has 33 heavy (non-hydrogen) atoms. The Morgan fingerprint density at radius 2 is 1.91 bits per heavy atom. The molecule has 0 heterocycles. The Kier molecular flexibility index (Phi) is 10.1. The van der Waals surface area contributed by atoms with Crippen LogP contribution in [0.3, 0.4) is 0 Å². The van der Waals surface area contributed by atoms with Gasteiger partial charge in [-0.1, -0.05) is 57.8 Å². The lowest BCUT2D eigenvalue weighted by Crippen LogP contribution is -2.44. The molecule has 0 aromatic carbocycles. The second kappa shape index (κ2) is 12.1. The maximum Gasteiger partial charge on any atom is 0.335 e. The minimum absolute atomic E-state index is 0.00569. The summed E-state index contributed by atoms with van der Waals surface area (Å²) in [4.78, 5) is 23.8. The molecule has 0 amide bonds. The number of carbonyl (C=O) groups is 2. The number of esters is 1. The summed E-state index contributed by atoms with van der Waals surface area (Å²) in [7, 11) is 0. The van der Waals surface area contributed by atoms with Crippen LogP contribution < -0.4 is 0 Å². The first-order valence-electron chi connectivity index (χ1n) is 12.4. The third kappa shape index (κ3) is 7.39. The van der Waals surface area contributed by atoms with E-state index in [0.29, 0.717) is 12.8 Å². The van der Waals surface area contributed by atoms with Crippen molar-refractivity contribution < 1.29 is 34.8 Å². The van der Waals surface area contributed by atoms with Crippen molar-refractivity contribution in [2.45, 2.75) is 103 Å². The van der Waals surface area contributed by atoms with Gasteiger partial charge in [-0.25, -0.2) is 4.79 Å². The van der Waals surface area contributed by atoms with Crippen LogP contribution in [0, 0.1) is 23.2 Å². The van der Waals surface area contributed by atoms with Crippen LogP contribution in [-0.2, 0) is 14.3 Å². The molecule has 4 N–H and O–H groups in total. The topological polar surface area (TPSA) is 124 Å². The third-order valence-corrected chi connectivity index (χ3v) is 7.24. The van der Waals surface area contributed by atoms with E-state index in [4.69, 9.17) is 9.84 Å². The number of allylic oxidation sites excluding steroid dienone is 2. The Balaban J connectivity index is 2.07. The number of hydrogen-bond donors (Lipinski definition) is 4. The number of carboxylic acid groups (broad SMARTS) is 1. The van der Waals surface area contributed by atoms with Gasteiger partial charge in [-0.15, -0.1) is 0 Å². The summed E-state index contributed by atoms with van der Waals surface area (Å²) in [5.74, 6) is -1.19. The zero-order valence-electron chi connectivity index (χ0n) is 20.4. The first kappa shape index (κ1) is 27.5. The van der Waals surface area contributed by atoms with Crippen LogP contribution in [0.15, 0.2) is 23.8 Å². The molecule has 0 fully saturated rings. The van der Waals surface area contributed by atoms with Gasteiger partial charge in [0.2, 0.25) is 0 Å². The van der Waals surface area contributed by atoms with Crippen molar-refractivity contribution >= 4 is 11.9 Å². The molecule has 0 saturated heterocycles. The van der Waals surface area contributed by atoms with Gasteiger partial charge in [0.15, 0.2) is 6.10 Å². The average molecular weight is 467 g/mol. The minimum atomic E-state index is -1.77. The highest BCUT2D eigenvalue weighted by atomic mass is 16.5. The largest absolute Gasteiger partial charge is 0.479 e. The van der Waals surface area contributed by atoms with E-state index in [1.54, 1.807) is 0 Å². The van der Waals surface area contributed by atoms with E-state index < -0.39 is 35.8 Å². The molecular formula is C26H42O7. The van der Waals surface area contributed by atoms with E-state index >= 15 is 0 Å². The number of aliphatic carboxylic acids is 1. The van der Waals surface area contributed by atoms with Gasteiger partial charge in [0.25, 0.3) is 0 Å². The van der Waals surface area contributed by atoms with E-state index in [1.165, 1.54) is 0 Å². The standard InChI is InChI=1S/C26H42O7/c1-5-6-13-26(3,4)25(32)33-21-15-18(27)14-17-12-11-16(2)19(22(17)21)9-7-8-10-20(28)23(29)24(30)31/h11-12,14,16,18-23,27-29H,5-10,13,15H2,1-4H3,(H,30,31). The van der Waals surface area contributed by atoms with Crippen molar-refractivity contribution in [3.8, 4) is 0 Å². The number of rotatable bonds is 12. The fraction of sp³-hybridized carbons (Fsp3) is 0.769. The molecule has 2 aliphatic carbocycles. The molecule has 0 saturated carbocycles. The van der Waals surface area contributed by atoms with Crippen molar-refractivity contribution in [2.75, 3.05) is 0 Å². The normalized spacial score (nSPS) is 29.1. The fourth-order valence-corrected chi connectivity index (χ4v) is 5.06. The molecule has 0 aromatic heterocycles. The van der Waals surface area contributed by atoms with Gasteiger partial charge >= 0.3 is 11.9 Å². The number of fused-ring (bicyclic) bond motifs is 1. The van der Waals surface area contributed by atoms with Gasteiger partial charge in [-0.05, 0) is 50.5 Å². The lowest BCUT2D eigenvalue weighted by Gasteiger charge is -2.43. The summed E-state index contributed by atoms with van der Waals surface area (Å²) in [6, 6.07) is 0. The Morgan fingerprint density at radius 3 is 2.55 bits per heavy atom. The van der Waals surface area contributed by atoms with Crippen LogP contribution in [0.25, 0.3) is 0 Å². The highest BCUT2D eigenvalue weighted by molar-refractivity contribution is 5.76. The molecule has 0 aromatic rings. The molecule has 0 aliphatic heterocycles. The summed E-state index contributed by atoms with van der Waals surface area (Å²) in [5.41, 5.74) is 0.428. The highest BCUT2D eigenvalue weighted by Gasteiger charge is 2.43. The predicted molar refractivity (Wildman–Crippen MR) is 125 cm³/mol. The quantitative estimate of drug-likeness (QED) is 0.256. The zero-order chi connectivity index (χ0) is 24.8. The van der Waals surface area contributed by atoms with Gasteiger partial charge in [0.05, 0.1) is 17.6 Å². The van der Waals surface area contributed by atoms with Gasteiger partial charge in [-0.2, -0.15) is 0 Å². The predicted octanol–water partition coefficient (Wildman–Crippen LogP) is 3.61. The maximum atomic E-state index is 13.0. The molecule has 0 spiro atoms. The highest BCUT2D eigenvalue weighted by Crippen LogP contribution is 2.44. The number of aliphatic hydroxyl groups excluding tert-OH is 3. The van der Waals surface area contributed by atoms with Crippen LogP contribution in [0.1, 0.15) is 79.1 Å². The maximum absolute atomic E-state index is 13.0. The molecule has 2 rings (SSSR count). The number of carbonyl (C=O) groups excluding carboxylic acids is 1. The third-order valence-electron chi connectivity index (χ3n) is 7.24. The lowest BCUT2D eigenvalue weighted by molar-refractivity contribution is -0.165. The summed E-state index contributed by atoms with van der Waals surface area (Å²) in [6.07, 6.45) is 7.37. The van der Waals surface area contributed by atoms with Gasteiger partial charge in [0, 0.05) is 12.3 Å². The molecule has 7 nitrogen and oxygen atoms in total. The first-order chi connectivity index (χ1) is 15.5. The SMILES string of the molecule is CCCCC(C)(C)C(=O)OC1CC(O)C=C2C=CC(C)C(CCCCC(O)C(O)C(=O)O)C21. The monoisotopic (exact) mass is 466 g/mol. The molecule has 2 aliphatic rings. The van der Waals surface area contributed by atoms with E-state index in [1.807, 2.05) is 26.0 Å². The molecule has 7 heteroatoms. The molecule has 7 unspecified atom stereocenters. The summed E-state index contributed by atoms with van der Waals surface area (Å²) in [6.45, 7) is 8.06.